The average molecular weight is 380 g/mol. The lowest BCUT2D eigenvalue weighted by Crippen LogP contribution is -2.44. The molecule has 0 amide bonds. The molecule has 0 saturated carbocycles. The van der Waals surface area contributed by atoms with Gasteiger partial charge in [-0.3, -0.25) is 24.2 Å². The second-order valence-electron chi connectivity index (χ2n) is 6.40. The topological polar surface area (TPSA) is 134 Å². The van der Waals surface area contributed by atoms with Crippen LogP contribution in [0.15, 0.2) is 35.8 Å². The highest BCUT2D eigenvalue weighted by Crippen LogP contribution is 2.10. The summed E-state index contributed by atoms with van der Waals surface area (Å²) in [7, 11) is 0. The van der Waals surface area contributed by atoms with Gasteiger partial charge in [0.05, 0.1) is 18.8 Å². The number of nitrogens with zero attached hydrogens (tertiary/aromatic N) is 3. The van der Waals surface area contributed by atoms with Crippen LogP contribution in [-0.4, -0.2) is 100 Å². The molecule has 2 aliphatic rings. The summed E-state index contributed by atoms with van der Waals surface area (Å²) in [5.74, 6) is -2.92. The maximum Gasteiger partial charge on any atom is 0.323 e. The number of carboxylic acid groups (broad SMARTS) is 3. The molecule has 10 heteroatoms. The maximum atomic E-state index is 11.1. The molecular weight excluding hydrogens is 356 g/mol. The molecule has 2 bridgehead atoms. The largest absolute Gasteiger partial charge is 0.480 e. The Bertz CT molecular complexity index is 672. The van der Waals surface area contributed by atoms with Gasteiger partial charge < -0.3 is 25.5 Å². The zero-order valence-electron chi connectivity index (χ0n) is 14.9. The molecule has 0 atom stereocenters. The molecule has 0 aromatic carbocycles. The number of allylic oxidation sites excluding steroid dienone is 3. The first-order valence-corrected chi connectivity index (χ1v) is 8.52. The van der Waals surface area contributed by atoms with Crippen molar-refractivity contribution in [3.8, 4) is 0 Å². The molecule has 0 aromatic rings. The van der Waals surface area contributed by atoms with E-state index in [9.17, 15) is 14.4 Å². The fourth-order valence-corrected chi connectivity index (χ4v) is 2.92. The Morgan fingerprint density at radius 3 is 2.15 bits per heavy atom. The van der Waals surface area contributed by atoms with E-state index in [0.717, 1.165) is 5.70 Å². The van der Waals surface area contributed by atoms with Crippen LogP contribution in [-0.2, 0) is 14.4 Å². The highest BCUT2D eigenvalue weighted by molar-refractivity contribution is 5.70. The van der Waals surface area contributed by atoms with E-state index >= 15 is 0 Å². The summed E-state index contributed by atoms with van der Waals surface area (Å²) in [6.45, 7) is 1.21. The third-order valence-corrected chi connectivity index (χ3v) is 4.09. The van der Waals surface area contributed by atoms with Gasteiger partial charge in [0.15, 0.2) is 0 Å². The van der Waals surface area contributed by atoms with Gasteiger partial charge in [-0.2, -0.15) is 0 Å². The Kier molecular flexibility index (Phi) is 7.38. The average Bonchev–Trinajstić information content (AvgIpc) is 2.55. The Hall–Kier alpha value is -2.85. The third kappa shape index (κ3) is 7.50. The van der Waals surface area contributed by atoms with Crippen molar-refractivity contribution in [3.05, 3.63) is 35.8 Å². The van der Waals surface area contributed by atoms with Gasteiger partial charge in [0.25, 0.3) is 0 Å². The summed E-state index contributed by atoms with van der Waals surface area (Å²) < 4.78 is 0. The number of carboxylic acids is 3. The Labute approximate surface area is 156 Å². The van der Waals surface area contributed by atoms with Crippen LogP contribution in [0.2, 0.25) is 0 Å². The number of carbonyl (C=O) groups is 3. The minimum Gasteiger partial charge on any atom is -0.480 e. The molecule has 0 spiro atoms. The SMILES string of the molecule is O=C(O)CN1C=C2C=CC=C(CN(CC(=O)O)CCN(CC(=O)O)CC1)N2. The summed E-state index contributed by atoms with van der Waals surface area (Å²) >= 11 is 0. The first-order chi connectivity index (χ1) is 12.8. The predicted molar refractivity (Wildman–Crippen MR) is 95.8 cm³/mol. The zero-order valence-corrected chi connectivity index (χ0v) is 14.9. The Morgan fingerprint density at radius 1 is 0.889 bits per heavy atom. The second kappa shape index (κ2) is 9.74. The number of hydrogen-bond donors (Lipinski definition) is 4. The number of dihydropyridines is 1. The maximum absolute atomic E-state index is 11.1. The smallest absolute Gasteiger partial charge is 0.323 e. The summed E-state index contributed by atoms with van der Waals surface area (Å²) in [5, 5.41) is 30.5. The number of fused-ring (bicyclic) bond motifs is 2. The van der Waals surface area contributed by atoms with E-state index in [0.29, 0.717) is 38.4 Å². The molecule has 0 unspecified atom stereocenters. The van der Waals surface area contributed by atoms with Crippen molar-refractivity contribution in [3.63, 3.8) is 0 Å². The highest BCUT2D eigenvalue weighted by atomic mass is 16.4. The molecule has 2 heterocycles. The Morgan fingerprint density at radius 2 is 1.48 bits per heavy atom. The van der Waals surface area contributed by atoms with Crippen molar-refractivity contribution in [2.75, 3.05) is 52.4 Å². The summed E-state index contributed by atoms with van der Waals surface area (Å²) in [6, 6.07) is 0. The molecular formula is C17H24N4O6. The van der Waals surface area contributed by atoms with Gasteiger partial charge >= 0.3 is 17.9 Å². The standard InChI is InChI=1S/C17H24N4O6/c22-15(23)10-19-4-6-20(11-16(24)25)8-13-2-1-3-14(18-13)9-21(7-5-19)12-17(26)27/h1-3,8,18H,4-7,9-12H2,(H,22,23)(H,24,25)(H,26,27). The molecule has 148 valence electrons. The normalized spacial score (nSPS) is 19.2. The van der Waals surface area contributed by atoms with Crippen LogP contribution in [0.3, 0.4) is 0 Å². The summed E-state index contributed by atoms with van der Waals surface area (Å²) in [5.41, 5.74) is 1.47. The molecule has 0 saturated heterocycles. The molecule has 10 nitrogen and oxygen atoms in total. The predicted octanol–water partition coefficient (Wildman–Crippen LogP) is -0.955. The number of nitrogens with one attached hydrogen (secondary N) is 1. The van der Waals surface area contributed by atoms with Crippen LogP contribution >= 0.6 is 0 Å². The summed E-state index contributed by atoms with van der Waals surface area (Å²) in [6.07, 6.45) is 7.12. The van der Waals surface area contributed by atoms with Gasteiger partial charge in [-0.25, -0.2) is 0 Å². The monoisotopic (exact) mass is 380 g/mol. The molecule has 0 fully saturated rings. The molecule has 0 radical (unpaired) electrons. The van der Waals surface area contributed by atoms with Crippen molar-refractivity contribution >= 4 is 17.9 Å². The zero-order chi connectivity index (χ0) is 19.8. The molecule has 2 aliphatic heterocycles. The first-order valence-electron chi connectivity index (χ1n) is 8.52. The van der Waals surface area contributed by atoms with Crippen molar-refractivity contribution in [1.29, 1.82) is 0 Å². The van der Waals surface area contributed by atoms with E-state index < -0.39 is 17.9 Å². The van der Waals surface area contributed by atoms with Crippen LogP contribution < -0.4 is 5.32 Å². The van der Waals surface area contributed by atoms with Crippen molar-refractivity contribution in [2.45, 2.75) is 0 Å². The highest BCUT2D eigenvalue weighted by Gasteiger charge is 2.19. The molecule has 27 heavy (non-hydrogen) atoms. The van der Waals surface area contributed by atoms with E-state index in [2.05, 4.69) is 5.32 Å². The lowest BCUT2D eigenvalue weighted by Gasteiger charge is -2.31. The quantitative estimate of drug-likeness (QED) is 0.457. The van der Waals surface area contributed by atoms with Crippen molar-refractivity contribution in [2.24, 2.45) is 0 Å². The minimum atomic E-state index is -0.987. The number of hydrogen-bond acceptors (Lipinski definition) is 7. The first kappa shape index (κ1) is 20.5. The molecule has 2 rings (SSSR count). The van der Waals surface area contributed by atoms with Crippen LogP contribution in [0.1, 0.15) is 0 Å². The van der Waals surface area contributed by atoms with E-state index in [4.69, 9.17) is 15.3 Å². The third-order valence-electron chi connectivity index (χ3n) is 4.09. The van der Waals surface area contributed by atoms with Crippen molar-refractivity contribution < 1.29 is 29.7 Å². The fourth-order valence-electron chi connectivity index (χ4n) is 2.92. The minimum absolute atomic E-state index is 0.159. The van der Waals surface area contributed by atoms with Gasteiger partial charge in [0.2, 0.25) is 0 Å². The lowest BCUT2D eigenvalue weighted by molar-refractivity contribution is -0.140. The molecule has 0 aliphatic carbocycles. The molecule has 4 N–H and O–H groups in total. The van der Waals surface area contributed by atoms with Crippen LogP contribution in [0, 0.1) is 0 Å². The van der Waals surface area contributed by atoms with Crippen LogP contribution in [0.4, 0.5) is 0 Å². The van der Waals surface area contributed by atoms with Gasteiger partial charge in [-0.05, 0) is 12.2 Å². The molecule has 0 aromatic heterocycles. The van der Waals surface area contributed by atoms with Crippen LogP contribution in [0.5, 0.6) is 0 Å². The summed E-state index contributed by atoms with van der Waals surface area (Å²) in [4.78, 5) is 38.4. The Balaban J connectivity index is 2.23. The number of rotatable bonds is 6. The van der Waals surface area contributed by atoms with Crippen molar-refractivity contribution in [1.82, 2.24) is 20.0 Å². The van der Waals surface area contributed by atoms with Gasteiger partial charge in [-0.15, -0.1) is 0 Å². The van der Waals surface area contributed by atoms with Gasteiger partial charge in [0, 0.05) is 44.6 Å². The fraction of sp³-hybridized carbons (Fsp3) is 0.471. The second-order valence-corrected chi connectivity index (χ2v) is 6.40. The van der Waals surface area contributed by atoms with Crippen LogP contribution in [0.25, 0.3) is 0 Å². The lowest BCUT2D eigenvalue weighted by atomic mass is 10.2. The van der Waals surface area contributed by atoms with Gasteiger partial charge in [-0.1, -0.05) is 6.08 Å². The van der Waals surface area contributed by atoms with E-state index in [-0.39, 0.29) is 19.6 Å². The van der Waals surface area contributed by atoms with Gasteiger partial charge in [0.1, 0.15) is 6.54 Å². The number of aliphatic carboxylic acids is 3. The van der Waals surface area contributed by atoms with E-state index in [1.165, 1.54) is 0 Å². The van der Waals surface area contributed by atoms with E-state index in [1.807, 2.05) is 12.2 Å². The van der Waals surface area contributed by atoms with E-state index in [1.54, 1.807) is 27.0 Å².